The molecule has 0 spiro atoms. The van der Waals surface area contributed by atoms with E-state index < -0.39 is 0 Å². The van der Waals surface area contributed by atoms with Gasteiger partial charge < -0.3 is 4.42 Å². The van der Waals surface area contributed by atoms with E-state index in [-0.39, 0.29) is 11.7 Å². The lowest BCUT2D eigenvalue weighted by molar-refractivity contribution is 0.639. The fourth-order valence-corrected chi connectivity index (χ4v) is 4.12. The summed E-state index contributed by atoms with van der Waals surface area (Å²) in [5, 5.41) is 3.58. The lowest BCUT2D eigenvalue weighted by atomic mass is 9.93. The van der Waals surface area contributed by atoms with Crippen LogP contribution in [0, 0.1) is 5.82 Å². The van der Waals surface area contributed by atoms with Gasteiger partial charge in [-0.3, -0.25) is 4.98 Å². The predicted molar refractivity (Wildman–Crippen MR) is 123 cm³/mol. The van der Waals surface area contributed by atoms with Crippen LogP contribution in [0.2, 0.25) is 0 Å². The Labute approximate surface area is 175 Å². The number of benzene rings is 3. The molecule has 0 saturated heterocycles. The second kappa shape index (κ2) is 6.94. The summed E-state index contributed by atoms with van der Waals surface area (Å²) in [6.45, 7) is 8.53. The molecule has 150 valence electrons. The molecule has 0 aliphatic heterocycles. The zero-order valence-electron chi connectivity index (χ0n) is 17.7. The number of hydrogen-bond acceptors (Lipinski definition) is 2. The third-order valence-electron chi connectivity index (χ3n) is 5.85. The lowest BCUT2D eigenvalue weighted by Crippen LogP contribution is -1.98. The van der Waals surface area contributed by atoms with Crippen LogP contribution >= 0.6 is 0 Å². The van der Waals surface area contributed by atoms with Crippen LogP contribution in [0.3, 0.4) is 0 Å². The molecular weight excluding hydrogens is 373 g/mol. The van der Waals surface area contributed by atoms with Gasteiger partial charge in [-0.1, -0.05) is 58.0 Å². The molecule has 0 unspecified atom stereocenters. The van der Waals surface area contributed by atoms with Gasteiger partial charge in [-0.05, 0) is 47.7 Å². The highest BCUT2D eigenvalue weighted by Gasteiger charge is 2.20. The van der Waals surface area contributed by atoms with Gasteiger partial charge in [0.1, 0.15) is 17.0 Å². The van der Waals surface area contributed by atoms with Gasteiger partial charge in [0.25, 0.3) is 0 Å². The van der Waals surface area contributed by atoms with E-state index in [1.165, 1.54) is 11.6 Å². The van der Waals surface area contributed by atoms with Crippen LogP contribution in [0.4, 0.5) is 4.39 Å². The van der Waals surface area contributed by atoms with Gasteiger partial charge in [-0.2, -0.15) is 0 Å². The third-order valence-corrected chi connectivity index (χ3v) is 5.85. The summed E-state index contributed by atoms with van der Waals surface area (Å²) < 4.78 is 21.1. The number of rotatable bonds is 3. The number of halogens is 1. The predicted octanol–water partition coefficient (Wildman–Crippen LogP) is 8.19. The van der Waals surface area contributed by atoms with Crippen molar-refractivity contribution in [1.29, 1.82) is 0 Å². The first-order valence-corrected chi connectivity index (χ1v) is 10.5. The van der Waals surface area contributed by atoms with E-state index in [2.05, 4.69) is 45.9 Å². The van der Waals surface area contributed by atoms with E-state index in [4.69, 9.17) is 9.40 Å². The highest BCUT2D eigenvalue weighted by atomic mass is 19.1. The zero-order chi connectivity index (χ0) is 21.0. The van der Waals surface area contributed by atoms with E-state index in [0.717, 1.165) is 44.3 Å². The molecule has 0 radical (unpaired) electrons. The number of fused-ring (bicyclic) bond motifs is 4. The Morgan fingerprint density at radius 2 is 1.53 bits per heavy atom. The van der Waals surface area contributed by atoms with Crippen LogP contribution in [0.1, 0.15) is 50.8 Å². The highest BCUT2D eigenvalue weighted by Crippen LogP contribution is 2.40. The molecule has 2 aromatic heterocycles. The van der Waals surface area contributed by atoms with Gasteiger partial charge in [0, 0.05) is 32.8 Å². The Balaban J connectivity index is 1.96. The maximum atomic E-state index is 14.8. The standard InChI is InChI=1S/C27H24FNO/c1-15(2)17-12-21-18-8-5-6-11-25(18)30-27(21)22(13-17)26-19-9-7-10-23(28)20(19)14-24(29-26)16(3)4/h5-16H,1-4H3. The molecule has 0 aliphatic carbocycles. The van der Waals surface area contributed by atoms with E-state index in [1.54, 1.807) is 6.07 Å². The minimum absolute atomic E-state index is 0.187. The van der Waals surface area contributed by atoms with Crippen molar-refractivity contribution in [2.45, 2.75) is 39.5 Å². The Bertz CT molecular complexity index is 1410. The second-order valence-electron chi connectivity index (χ2n) is 8.58. The van der Waals surface area contributed by atoms with Gasteiger partial charge in [0.15, 0.2) is 0 Å². The largest absolute Gasteiger partial charge is 0.455 e. The first-order chi connectivity index (χ1) is 14.4. The topological polar surface area (TPSA) is 26.0 Å². The Morgan fingerprint density at radius 3 is 2.30 bits per heavy atom. The van der Waals surface area contributed by atoms with Crippen LogP contribution in [0.15, 0.2) is 65.1 Å². The van der Waals surface area contributed by atoms with Crippen LogP contribution in [-0.2, 0) is 0 Å². The molecule has 0 atom stereocenters. The number of aromatic nitrogens is 1. The second-order valence-corrected chi connectivity index (χ2v) is 8.58. The summed E-state index contributed by atoms with van der Waals surface area (Å²) in [4.78, 5) is 5.01. The van der Waals surface area contributed by atoms with Gasteiger partial charge in [-0.15, -0.1) is 0 Å². The summed E-state index contributed by atoms with van der Waals surface area (Å²) in [6, 6.07) is 19.5. The Hall–Kier alpha value is -3.20. The summed E-state index contributed by atoms with van der Waals surface area (Å²) in [5.74, 6) is 0.309. The molecule has 2 heterocycles. The third kappa shape index (κ3) is 2.88. The van der Waals surface area contributed by atoms with E-state index in [0.29, 0.717) is 11.3 Å². The molecule has 0 saturated carbocycles. The molecule has 0 amide bonds. The van der Waals surface area contributed by atoms with Crippen molar-refractivity contribution in [3.8, 4) is 11.3 Å². The van der Waals surface area contributed by atoms with E-state index in [1.807, 2.05) is 30.3 Å². The normalized spacial score (nSPS) is 12.1. The van der Waals surface area contributed by atoms with Gasteiger partial charge in [0.05, 0.1) is 5.69 Å². The van der Waals surface area contributed by atoms with Crippen LogP contribution < -0.4 is 0 Å². The molecular formula is C27H24FNO. The number of furan rings is 1. The SMILES string of the molecule is CC(C)c1cc(-c2nc(C(C)C)cc3c(F)cccc23)c2oc3ccccc3c2c1. The summed E-state index contributed by atoms with van der Waals surface area (Å²) in [6.07, 6.45) is 0. The monoisotopic (exact) mass is 397 g/mol. The number of hydrogen-bond donors (Lipinski definition) is 0. The van der Waals surface area contributed by atoms with Crippen molar-refractivity contribution in [2.75, 3.05) is 0 Å². The first-order valence-electron chi connectivity index (χ1n) is 10.5. The average molecular weight is 397 g/mol. The first kappa shape index (κ1) is 18.8. The van der Waals surface area contributed by atoms with Crippen molar-refractivity contribution < 1.29 is 8.81 Å². The van der Waals surface area contributed by atoms with Crippen molar-refractivity contribution in [3.05, 3.63) is 77.7 Å². The minimum Gasteiger partial charge on any atom is -0.455 e. The number of nitrogens with zero attached hydrogens (tertiary/aromatic N) is 1. The molecule has 0 fully saturated rings. The van der Waals surface area contributed by atoms with Gasteiger partial charge >= 0.3 is 0 Å². The number of pyridine rings is 1. The molecule has 3 heteroatoms. The van der Waals surface area contributed by atoms with E-state index >= 15 is 0 Å². The van der Waals surface area contributed by atoms with Crippen molar-refractivity contribution in [3.63, 3.8) is 0 Å². The lowest BCUT2D eigenvalue weighted by Gasteiger charge is -2.14. The molecule has 5 rings (SSSR count). The molecule has 30 heavy (non-hydrogen) atoms. The fourth-order valence-electron chi connectivity index (χ4n) is 4.12. The molecule has 5 aromatic rings. The average Bonchev–Trinajstić information content (AvgIpc) is 3.11. The van der Waals surface area contributed by atoms with Gasteiger partial charge in [0.2, 0.25) is 0 Å². The van der Waals surface area contributed by atoms with E-state index in [9.17, 15) is 4.39 Å². The highest BCUT2D eigenvalue weighted by molar-refractivity contribution is 6.12. The summed E-state index contributed by atoms with van der Waals surface area (Å²) >= 11 is 0. The Morgan fingerprint density at radius 1 is 0.767 bits per heavy atom. The fraction of sp³-hybridized carbons (Fsp3) is 0.222. The molecule has 2 nitrogen and oxygen atoms in total. The number of para-hydroxylation sites is 1. The van der Waals surface area contributed by atoms with Crippen LogP contribution in [0.5, 0.6) is 0 Å². The molecule has 0 N–H and O–H groups in total. The molecule has 3 aromatic carbocycles. The maximum absolute atomic E-state index is 14.8. The van der Waals surface area contributed by atoms with Crippen molar-refractivity contribution >= 4 is 32.7 Å². The smallest absolute Gasteiger partial charge is 0.144 e. The minimum atomic E-state index is -0.223. The van der Waals surface area contributed by atoms with Crippen molar-refractivity contribution in [1.82, 2.24) is 4.98 Å². The summed E-state index contributed by atoms with van der Waals surface area (Å²) in [5.41, 5.74) is 5.45. The van der Waals surface area contributed by atoms with Gasteiger partial charge in [-0.25, -0.2) is 4.39 Å². The molecule has 0 aliphatic rings. The quantitative estimate of drug-likeness (QED) is 0.307. The summed E-state index contributed by atoms with van der Waals surface area (Å²) in [7, 11) is 0. The van der Waals surface area contributed by atoms with Crippen LogP contribution in [0.25, 0.3) is 44.0 Å². The van der Waals surface area contributed by atoms with Crippen LogP contribution in [-0.4, -0.2) is 4.98 Å². The maximum Gasteiger partial charge on any atom is 0.144 e. The Kier molecular flexibility index (Phi) is 4.35. The van der Waals surface area contributed by atoms with Crippen molar-refractivity contribution in [2.24, 2.45) is 0 Å². The zero-order valence-corrected chi connectivity index (χ0v) is 17.7. The molecule has 0 bridgehead atoms.